The molecule has 0 aliphatic heterocycles. The average molecular weight is 301 g/mol. The number of nitrogens with one attached hydrogen (secondary N) is 1. The van der Waals surface area contributed by atoms with Crippen molar-refractivity contribution in [1.29, 1.82) is 0 Å². The van der Waals surface area contributed by atoms with Gasteiger partial charge in [-0.1, -0.05) is 32.8 Å². The van der Waals surface area contributed by atoms with E-state index in [-0.39, 0.29) is 18.4 Å². The molecule has 0 fully saturated rings. The Balaban J connectivity index is 2.00. The number of hydrogen-bond donors (Lipinski definition) is 2. The largest absolute Gasteiger partial charge is 0.391 e. The van der Waals surface area contributed by atoms with Crippen LogP contribution in [-0.4, -0.2) is 33.4 Å². The molecular weight excluding hydrogens is 278 g/mol. The number of hydrogen-bond acceptors (Lipinski definition) is 3. The third kappa shape index (κ3) is 3.95. The Hall–Kier alpha value is -2.14. The van der Waals surface area contributed by atoms with Gasteiger partial charge in [0.1, 0.15) is 0 Å². The van der Waals surface area contributed by atoms with Crippen molar-refractivity contribution < 1.29 is 9.90 Å². The molecular formula is C17H23N3O2. The molecule has 1 heterocycles. The molecule has 1 aromatic carbocycles. The lowest BCUT2D eigenvalue weighted by atomic mass is 9.96. The summed E-state index contributed by atoms with van der Waals surface area (Å²) in [6.07, 6.45) is 4.82. The van der Waals surface area contributed by atoms with Crippen LogP contribution in [0.1, 0.15) is 37.0 Å². The van der Waals surface area contributed by atoms with Crippen molar-refractivity contribution in [2.24, 2.45) is 5.92 Å². The molecule has 0 spiro atoms. The molecule has 0 bridgehead atoms. The van der Waals surface area contributed by atoms with E-state index in [0.717, 1.165) is 18.5 Å². The van der Waals surface area contributed by atoms with Crippen LogP contribution < -0.4 is 5.32 Å². The topological polar surface area (TPSA) is 67.2 Å². The Bertz CT molecular complexity index is 592. The third-order valence-electron chi connectivity index (χ3n) is 3.94. The maximum atomic E-state index is 12.2. The summed E-state index contributed by atoms with van der Waals surface area (Å²) in [5.74, 6) is 0.0368. The maximum absolute atomic E-state index is 12.2. The molecule has 2 aromatic rings. The molecule has 2 N–H and O–H groups in total. The monoisotopic (exact) mass is 301 g/mol. The SMILES string of the molecule is CCC(CC)C(O)CNC(=O)c1cccc(-n2cccn2)c1. The van der Waals surface area contributed by atoms with Crippen molar-refractivity contribution in [1.82, 2.24) is 15.1 Å². The normalized spacial score (nSPS) is 12.4. The van der Waals surface area contributed by atoms with Crippen molar-refractivity contribution in [2.75, 3.05) is 6.54 Å². The highest BCUT2D eigenvalue weighted by atomic mass is 16.3. The van der Waals surface area contributed by atoms with E-state index in [1.807, 2.05) is 38.2 Å². The van der Waals surface area contributed by atoms with E-state index in [0.29, 0.717) is 5.56 Å². The molecule has 5 heteroatoms. The first-order chi connectivity index (χ1) is 10.7. The second kappa shape index (κ2) is 7.75. The second-order valence-corrected chi connectivity index (χ2v) is 5.35. The fraction of sp³-hybridized carbons (Fsp3) is 0.412. The lowest BCUT2D eigenvalue weighted by molar-refractivity contribution is 0.0816. The van der Waals surface area contributed by atoms with Gasteiger partial charge in [0, 0.05) is 24.5 Å². The van der Waals surface area contributed by atoms with Crippen molar-refractivity contribution in [3.05, 3.63) is 48.3 Å². The van der Waals surface area contributed by atoms with Gasteiger partial charge in [-0.15, -0.1) is 0 Å². The lowest BCUT2D eigenvalue weighted by Gasteiger charge is -2.20. The highest BCUT2D eigenvalue weighted by Gasteiger charge is 2.16. The zero-order valence-electron chi connectivity index (χ0n) is 13.1. The molecule has 1 aromatic heterocycles. The molecule has 22 heavy (non-hydrogen) atoms. The van der Waals surface area contributed by atoms with Gasteiger partial charge < -0.3 is 10.4 Å². The van der Waals surface area contributed by atoms with Crippen molar-refractivity contribution >= 4 is 5.91 Å². The fourth-order valence-corrected chi connectivity index (χ4v) is 2.51. The minimum absolute atomic E-state index is 0.181. The third-order valence-corrected chi connectivity index (χ3v) is 3.94. The first-order valence-corrected chi connectivity index (χ1v) is 7.72. The molecule has 1 atom stereocenters. The van der Waals surface area contributed by atoms with Crippen LogP contribution in [0, 0.1) is 5.92 Å². The van der Waals surface area contributed by atoms with Crippen LogP contribution in [0.15, 0.2) is 42.7 Å². The van der Waals surface area contributed by atoms with Crippen LogP contribution in [-0.2, 0) is 0 Å². The zero-order valence-corrected chi connectivity index (χ0v) is 13.1. The summed E-state index contributed by atoms with van der Waals surface area (Å²) >= 11 is 0. The first kappa shape index (κ1) is 16.2. The Kier molecular flexibility index (Phi) is 5.72. The smallest absolute Gasteiger partial charge is 0.251 e. The molecule has 0 aliphatic rings. The number of aliphatic hydroxyl groups excluding tert-OH is 1. The second-order valence-electron chi connectivity index (χ2n) is 5.35. The number of benzene rings is 1. The predicted octanol–water partition coefficient (Wildman–Crippen LogP) is 2.40. The standard InChI is InChI=1S/C17H23N3O2/c1-3-13(4-2)16(21)12-18-17(22)14-7-5-8-15(11-14)20-10-6-9-19-20/h5-11,13,16,21H,3-4,12H2,1-2H3,(H,18,22). The van der Waals surface area contributed by atoms with Gasteiger partial charge in [0.2, 0.25) is 0 Å². The van der Waals surface area contributed by atoms with Gasteiger partial charge in [0.05, 0.1) is 11.8 Å². The van der Waals surface area contributed by atoms with Gasteiger partial charge in [-0.05, 0) is 30.2 Å². The highest BCUT2D eigenvalue weighted by molar-refractivity contribution is 5.94. The van der Waals surface area contributed by atoms with E-state index in [2.05, 4.69) is 10.4 Å². The molecule has 1 amide bonds. The van der Waals surface area contributed by atoms with E-state index in [1.165, 1.54) is 0 Å². The summed E-state index contributed by atoms with van der Waals surface area (Å²) in [6, 6.07) is 9.09. The van der Waals surface area contributed by atoms with Gasteiger partial charge >= 0.3 is 0 Å². The van der Waals surface area contributed by atoms with E-state index in [4.69, 9.17) is 0 Å². The molecule has 0 aliphatic carbocycles. The predicted molar refractivity (Wildman–Crippen MR) is 86.0 cm³/mol. The van der Waals surface area contributed by atoms with E-state index in [1.54, 1.807) is 23.0 Å². The van der Waals surface area contributed by atoms with Crippen LogP contribution >= 0.6 is 0 Å². The minimum atomic E-state index is -0.506. The fourth-order valence-electron chi connectivity index (χ4n) is 2.51. The molecule has 5 nitrogen and oxygen atoms in total. The van der Waals surface area contributed by atoms with Gasteiger partial charge in [0.25, 0.3) is 5.91 Å². The summed E-state index contributed by atoms with van der Waals surface area (Å²) in [7, 11) is 0. The number of carbonyl (C=O) groups excluding carboxylic acids is 1. The van der Waals surface area contributed by atoms with Crippen LogP contribution in [0.5, 0.6) is 0 Å². The minimum Gasteiger partial charge on any atom is -0.391 e. The Morgan fingerprint density at radius 2 is 2.09 bits per heavy atom. The van der Waals surface area contributed by atoms with Crippen LogP contribution in [0.25, 0.3) is 5.69 Å². The summed E-state index contributed by atoms with van der Waals surface area (Å²) < 4.78 is 1.70. The summed E-state index contributed by atoms with van der Waals surface area (Å²) in [5, 5.41) is 17.0. The number of aliphatic hydroxyl groups is 1. The van der Waals surface area contributed by atoms with Crippen LogP contribution in [0.3, 0.4) is 0 Å². The summed E-state index contributed by atoms with van der Waals surface area (Å²) in [4.78, 5) is 12.2. The lowest BCUT2D eigenvalue weighted by Crippen LogP contribution is -2.36. The Morgan fingerprint density at radius 1 is 1.32 bits per heavy atom. The molecule has 2 rings (SSSR count). The molecule has 0 saturated carbocycles. The summed E-state index contributed by atoms with van der Waals surface area (Å²) in [6.45, 7) is 4.37. The van der Waals surface area contributed by atoms with Crippen molar-refractivity contribution in [2.45, 2.75) is 32.8 Å². The van der Waals surface area contributed by atoms with Gasteiger partial charge in [-0.25, -0.2) is 4.68 Å². The van der Waals surface area contributed by atoms with Crippen molar-refractivity contribution in [3.8, 4) is 5.69 Å². The molecule has 0 saturated heterocycles. The van der Waals surface area contributed by atoms with Crippen LogP contribution in [0.2, 0.25) is 0 Å². The Morgan fingerprint density at radius 3 is 2.73 bits per heavy atom. The zero-order chi connectivity index (χ0) is 15.9. The van der Waals surface area contributed by atoms with E-state index >= 15 is 0 Å². The molecule has 1 unspecified atom stereocenters. The van der Waals surface area contributed by atoms with Crippen LogP contribution in [0.4, 0.5) is 0 Å². The number of nitrogens with zero attached hydrogens (tertiary/aromatic N) is 2. The number of amides is 1. The van der Waals surface area contributed by atoms with E-state index in [9.17, 15) is 9.90 Å². The molecule has 0 radical (unpaired) electrons. The molecule has 118 valence electrons. The van der Waals surface area contributed by atoms with E-state index < -0.39 is 6.10 Å². The Labute approximate surface area is 131 Å². The highest BCUT2D eigenvalue weighted by Crippen LogP contribution is 2.13. The average Bonchev–Trinajstić information content (AvgIpc) is 3.08. The van der Waals surface area contributed by atoms with Gasteiger partial charge in [-0.2, -0.15) is 5.10 Å². The number of carbonyl (C=O) groups is 1. The quantitative estimate of drug-likeness (QED) is 0.825. The number of aromatic nitrogens is 2. The van der Waals surface area contributed by atoms with Gasteiger partial charge in [0.15, 0.2) is 0 Å². The van der Waals surface area contributed by atoms with Crippen molar-refractivity contribution in [3.63, 3.8) is 0 Å². The van der Waals surface area contributed by atoms with Gasteiger partial charge in [-0.3, -0.25) is 4.79 Å². The summed E-state index contributed by atoms with van der Waals surface area (Å²) in [5.41, 5.74) is 1.39. The first-order valence-electron chi connectivity index (χ1n) is 7.72. The maximum Gasteiger partial charge on any atom is 0.251 e. The number of rotatable bonds is 7.